The molecule has 0 aliphatic heterocycles. The summed E-state index contributed by atoms with van der Waals surface area (Å²) in [4.78, 5) is 20.5. The van der Waals surface area contributed by atoms with E-state index in [1.165, 1.54) is 16.5 Å². The Bertz CT molecular complexity index is 3270. The minimum absolute atomic E-state index is 0.618. The zero-order valence-electron chi connectivity index (χ0n) is 33.7. The van der Waals surface area contributed by atoms with Gasteiger partial charge in [0.25, 0.3) is 0 Å². The maximum atomic E-state index is 5.17. The van der Waals surface area contributed by atoms with Crippen LogP contribution < -0.4 is 0 Å². The number of rotatable bonds is 8. The van der Waals surface area contributed by atoms with E-state index >= 15 is 0 Å². The second-order valence-electron chi connectivity index (χ2n) is 15.5. The van der Waals surface area contributed by atoms with E-state index < -0.39 is 0 Å². The lowest BCUT2D eigenvalue weighted by Gasteiger charge is -2.14. The lowest BCUT2D eigenvalue weighted by molar-refractivity contribution is 1.07. The molecule has 290 valence electrons. The normalized spacial score (nSPS) is 11.2. The Labute approximate surface area is 360 Å². The number of pyridine rings is 1. The van der Waals surface area contributed by atoms with Crippen molar-refractivity contribution in [2.75, 3.05) is 0 Å². The third kappa shape index (κ3) is 7.20. The van der Waals surface area contributed by atoms with Crippen molar-refractivity contribution in [3.63, 3.8) is 0 Å². The van der Waals surface area contributed by atoms with Crippen molar-refractivity contribution in [2.24, 2.45) is 0 Å². The molecule has 0 fully saturated rings. The molecule has 0 N–H and O–H groups in total. The maximum Gasteiger partial charge on any atom is 0.164 e. The Morgan fingerprint density at radius 1 is 0.242 bits per heavy atom. The third-order valence-corrected chi connectivity index (χ3v) is 11.5. The van der Waals surface area contributed by atoms with E-state index in [-0.39, 0.29) is 0 Å². The van der Waals surface area contributed by atoms with E-state index in [1.54, 1.807) is 0 Å². The number of fused-ring (bicyclic) bond motifs is 3. The minimum Gasteiger partial charge on any atom is -0.248 e. The van der Waals surface area contributed by atoms with Gasteiger partial charge in [-0.1, -0.05) is 200 Å². The Hall–Kier alpha value is -8.34. The average molecular weight is 791 g/mol. The molecule has 0 atom stereocenters. The molecule has 62 heavy (non-hydrogen) atoms. The molecular weight excluding hydrogens is 753 g/mol. The average Bonchev–Trinajstić information content (AvgIpc) is 3.37. The van der Waals surface area contributed by atoms with Crippen LogP contribution >= 0.6 is 0 Å². The lowest BCUT2D eigenvalue weighted by Crippen LogP contribution is -2.00. The Balaban J connectivity index is 0.984. The zero-order chi connectivity index (χ0) is 41.2. The fourth-order valence-electron chi connectivity index (χ4n) is 8.36. The van der Waals surface area contributed by atoms with Gasteiger partial charge in [-0.05, 0) is 85.6 Å². The van der Waals surface area contributed by atoms with E-state index in [1.807, 2.05) is 18.2 Å². The predicted octanol–water partition coefficient (Wildman–Crippen LogP) is 14.9. The molecule has 0 saturated carbocycles. The number of benzene rings is 9. The first-order chi connectivity index (χ1) is 30.7. The topological polar surface area (TPSA) is 51.6 Å². The predicted molar refractivity (Wildman–Crippen MR) is 256 cm³/mol. The SMILES string of the molecule is c1ccc(-c2cccc(-c3nc(-c4ccc(-c5ccc6c(ccc7nc(-c8ccccc8)cc(-c8ccccc8)c76)c5)cc4)nc(-c4cccc(-c5ccccc5)c4)n3)c2)cc1. The van der Waals surface area contributed by atoms with Gasteiger partial charge in [-0.15, -0.1) is 0 Å². The van der Waals surface area contributed by atoms with E-state index in [9.17, 15) is 0 Å². The molecule has 0 bridgehead atoms. The van der Waals surface area contributed by atoms with Gasteiger partial charge in [0.2, 0.25) is 0 Å². The van der Waals surface area contributed by atoms with Crippen LogP contribution in [0.15, 0.2) is 231 Å². The molecule has 4 heteroatoms. The van der Waals surface area contributed by atoms with Crippen LogP contribution in [0.5, 0.6) is 0 Å². The molecule has 0 aliphatic carbocycles. The van der Waals surface area contributed by atoms with Crippen LogP contribution in [-0.4, -0.2) is 19.9 Å². The Morgan fingerprint density at radius 2 is 0.661 bits per heavy atom. The molecule has 0 aliphatic rings. The van der Waals surface area contributed by atoms with Gasteiger partial charge in [0.05, 0.1) is 11.2 Å². The van der Waals surface area contributed by atoms with Gasteiger partial charge in [-0.2, -0.15) is 0 Å². The molecule has 0 unspecified atom stereocenters. The van der Waals surface area contributed by atoms with Crippen molar-refractivity contribution in [3.05, 3.63) is 231 Å². The van der Waals surface area contributed by atoms with Gasteiger partial charge in [0, 0.05) is 27.6 Å². The molecular formula is C58H38N4. The smallest absolute Gasteiger partial charge is 0.164 e. The third-order valence-electron chi connectivity index (χ3n) is 11.5. The van der Waals surface area contributed by atoms with Gasteiger partial charge in [0.15, 0.2) is 17.5 Å². The first kappa shape index (κ1) is 36.7. The van der Waals surface area contributed by atoms with Gasteiger partial charge in [-0.3, -0.25) is 0 Å². The monoisotopic (exact) mass is 790 g/mol. The van der Waals surface area contributed by atoms with Crippen molar-refractivity contribution in [3.8, 4) is 89.9 Å². The minimum atomic E-state index is 0.618. The summed E-state index contributed by atoms with van der Waals surface area (Å²) in [5.41, 5.74) is 14.9. The molecule has 11 rings (SSSR count). The van der Waals surface area contributed by atoms with Crippen LogP contribution in [-0.2, 0) is 0 Å². The molecule has 9 aromatic carbocycles. The number of nitrogens with zero attached hydrogens (tertiary/aromatic N) is 4. The highest BCUT2D eigenvalue weighted by atomic mass is 15.0. The molecule has 0 amide bonds. The molecule has 0 radical (unpaired) electrons. The summed E-state index contributed by atoms with van der Waals surface area (Å²) in [6.07, 6.45) is 0. The highest BCUT2D eigenvalue weighted by Crippen LogP contribution is 2.38. The second-order valence-corrected chi connectivity index (χ2v) is 15.5. The zero-order valence-corrected chi connectivity index (χ0v) is 33.7. The number of hydrogen-bond acceptors (Lipinski definition) is 4. The number of aromatic nitrogens is 4. The highest BCUT2D eigenvalue weighted by Gasteiger charge is 2.16. The molecule has 0 spiro atoms. The summed E-state index contributed by atoms with van der Waals surface area (Å²) in [5.74, 6) is 1.87. The van der Waals surface area contributed by atoms with Crippen LogP contribution in [0.1, 0.15) is 0 Å². The number of hydrogen-bond donors (Lipinski definition) is 0. The quantitative estimate of drug-likeness (QED) is 0.144. The summed E-state index contributed by atoms with van der Waals surface area (Å²) >= 11 is 0. The van der Waals surface area contributed by atoms with Crippen LogP contribution in [0.2, 0.25) is 0 Å². The summed E-state index contributed by atoms with van der Waals surface area (Å²) in [6, 6.07) is 80.6. The largest absolute Gasteiger partial charge is 0.248 e. The molecule has 2 aromatic heterocycles. The van der Waals surface area contributed by atoms with Crippen molar-refractivity contribution in [2.45, 2.75) is 0 Å². The fraction of sp³-hybridized carbons (Fsp3) is 0. The van der Waals surface area contributed by atoms with Crippen molar-refractivity contribution >= 4 is 21.7 Å². The van der Waals surface area contributed by atoms with E-state index in [4.69, 9.17) is 19.9 Å². The Morgan fingerprint density at radius 3 is 1.23 bits per heavy atom. The molecule has 4 nitrogen and oxygen atoms in total. The van der Waals surface area contributed by atoms with Gasteiger partial charge >= 0.3 is 0 Å². The lowest BCUT2D eigenvalue weighted by atomic mass is 9.93. The summed E-state index contributed by atoms with van der Waals surface area (Å²) in [7, 11) is 0. The maximum absolute atomic E-state index is 5.17. The fourth-order valence-corrected chi connectivity index (χ4v) is 8.36. The Kier molecular flexibility index (Phi) is 9.49. The van der Waals surface area contributed by atoms with Crippen LogP contribution in [0.4, 0.5) is 0 Å². The molecule has 11 aromatic rings. The standard InChI is InChI=1S/C58H38N4/c1-5-15-39(16-6-1)45-23-13-25-49(36-45)57-60-56(61-58(62-57)50-26-14-24-46(37-50)40-17-7-2-8-18-40)44-29-27-41(28-30-44)47-31-33-51-48(35-47)32-34-53-55(51)52(42-19-9-3-10-20-42)38-54(59-53)43-21-11-4-12-22-43/h1-38H. The second kappa shape index (κ2) is 16.0. The highest BCUT2D eigenvalue weighted by molar-refractivity contribution is 6.14. The van der Waals surface area contributed by atoms with Crippen molar-refractivity contribution in [1.82, 2.24) is 19.9 Å². The van der Waals surface area contributed by atoms with Crippen molar-refractivity contribution in [1.29, 1.82) is 0 Å². The molecule has 2 heterocycles. The van der Waals surface area contributed by atoms with E-state index in [2.05, 4.69) is 212 Å². The van der Waals surface area contributed by atoms with Crippen LogP contribution in [0.25, 0.3) is 112 Å². The van der Waals surface area contributed by atoms with Gasteiger partial charge in [-0.25, -0.2) is 19.9 Å². The molecule has 0 saturated heterocycles. The summed E-state index contributed by atoms with van der Waals surface area (Å²) < 4.78 is 0. The first-order valence-corrected chi connectivity index (χ1v) is 20.9. The van der Waals surface area contributed by atoms with Gasteiger partial charge < -0.3 is 0 Å². The van der Waals surface area contributed by atoms with Crippen LogP contribution in [0, 0.1) is 0 Å². The van der Waals surface area contributed by atoms with Gasteiger partial charge in [0.1, 0.15) is 0 Å². The van der Waals surface area contributed by atoms with E-state index in [0.717, 1.165) is 77.6 Å². The summed E-state index contributed by atoms with van der Waals surface area (Å²) in [6.45, 7) is 0. The van der Waals surface area contributed by atoms with Crippen molar-refractivity contribution < 1.29 is 0 Å². The van der Waals surface area contributed by atoms with Crippen LogP contribution in [0.3, 0.4) is 0 Å². The summed E-state index contributed by atoms with van der Waals surface area (Å²) in [5, 5.41) is 3.49. The first-order valence-electron chi connectivity index (χ1n) is 20.9. The van der Waals surface area contributed by atoms with E-state index in [0.29, 0.717) is 17.5 Å².